The molecule has 1 saturated heterocycles. The van der Waals surface area contributed by atoms with Crippen LogP contribution in [0.5, 0.6) is 0 Å². The molecule has 0 radical (unpaired) electrons. The van der Waals surface area contributed by atoms with E-state index in [0.29, 0.717) is 24.7 Å². The lowest BCUT2D eigenvalue weighted by molar-refractivity contribution is -0.117. The monoisotopic (exact) mass is 261 g/mol. The van der Waals surface area contributed by atoms with Crippen LogP contribution in [0.15, 0.2) is 30.6 Å². The normalized spacial score (nSPS) is 19.7. The molecule has 0 aliphatic carbocycles. The van der Waals surface area contributed by atoms with Crippen molar-refractivity contribution in [3.05, 3.63) is 30.6 Å². The zero-order valence-corrected chi connectivity index (χ0v) is 10.5. The molecule has 0 N–H and O–H groups in total. The first kappa shape index (κ1) is 11.4. The lowest BCUT2D eigenvalue weighted by Crippen LogP contribution is -2.26. The maximum Gasteiger partial charge on any atom is 0.228 e. The van der Waals surface area contributed by atoms with Crippen molar-refractivity contribution < 1.29 is 4.79 Å². The molecule has 4 nitrogen and oxygen atoms in total. The van der Waals surface area contributed by atoms with Crippen LogP contribution in [0.3, 0.4) is 0 Å². The Hall–Kier alpha value is -1.68. The zero-order valence-electron chi connectivity index (χ0n) is 9.71. The Balaban J connectivity index is 2.07. The van der Waals surface area contributed by atoms with Gasteiger partial charge in [-0.05, 0) is 18.1 Å². The van der Waals surface area contributed by atoms with Crippen molar-refractivity contribution in [1.82, 2.24) is 9.97 Å². The number of amides is 1. The van der Waals surface area contributed by atoms with E-state index in [-0.39, 0.29) is 11.8 Å². The number of fused-ring (bicyclic) bond motifs is 1. The van der Waals surface area contributed by atoms with Crippen molar-refractivity contribution >= 4 is 34.2 Å². The van der Waals surface area contributed by atoms with Gasteiger partial charge in [0.15, 0.2) is 5.82 Å². The maximum absolute atomic E-state index is 12.0. The maximum atomic E-state index is 12.0. The summed E-state index contributed by atoms with van der Waals surface area (Å²) in [6.45, 7) is 0.630. The fourth-order valence-electron chi connectivity index (χ4n) is 2.28. The van der Waals surface area contributed by atoms with E-state index in [0.717, 1.165) is 10.9 Å². The number of carbonyl (C=O) groups is 1. The number of aromatic nitrogens is 2. The molecule has 0 bridgehead atoms. The molecule has 0 aromatic carbocycles. The third-order valence-corrected chi connectivity index (χ3v) is 3.62. The second-order valence-corrected chi connectivity index (χ2v) is 4.75. The highest BCUT2D eigenvalue weighted by Gasteiger charge is 2.31. The first-order valence-corrected chi connectivity index (χ1v) is 6.39. The molecule has 1 aliphatic heterocycles. The van der Waals surface area contributed by atoms with Crippen LogP contribution >= 0.6 is 11.6 Å². The van der Waals surface area contributed by atoms with Gasteiger partial charge in [-0.2, -0.15) is 0 Å². The minimum atomic E-state index is 0.0753. The van der Waals surface area contributed by atoms with Crippen molar-refractivity contribution in [1.29, 1.82) is 0 Å². The molecule has 1 aliphatic rings. The molecular weight excluding hydrogens is 250 g/mol. The van der Waals surface area contributed by atoms with Gasteiger partial charge in [0.05, 0.1) is 0 Å². The Morgan fingerprint density at radius 1 is 1.33 bits per heavy atom. The van der Waals surface area contributed by atoms with Crippen LogP contribution in [-0.2, 0) is 4.79 Å². The van der Waals surface area contributed by atoms with Crippen LogP contribution in [0, 0.1) is 5.92 Å². The molecule has 3 heterocycles. The smallest absolute Gasteiger partial charge is 0.228 e. The Morgan fingerprint density at radius 3 is 3.00 bits per heavy atom. The molecule has 2 aromatic rings. The Labute approximate surface area is 110 Å². The molecule has 0 spiro atoms. The topological polar surface area (TPSA) is 46.1 Å². The first-order valence-electron chi connectivity index (χ1n) is 5.85. The van der Waals surface area contributed by atoms with Gasteiger partial charge in [-0.15, -0.1) is 11.6 Å². The van der Waals surface area contributed by atoms with E-state index in [1.807, 2.05) is 18.2 Å². The largest absolute Gasteiger partial charge is 0.295 e. The highest BCUT2D eigenvalue weighted by atomic mass is 35.5. The van der Waals surface area contributed by atoms with Gasteiger partial charge in [0.2, 0.25) is 5.91 Å². The number of anilines is 1. The zero-order chi connectivity index (χ0) is 12.5. The molecular formula is C13H12ClN3O. The number of nitrogens with zero attached hydrogens (tertiary/aromatic N) is 3. The summed E-state index contributed by atoms with van der Waals surface area (Å²) in [5.41, 5.74) is 0.767. The fraction of sp³-hybridized carbons (Fsp3) is 0.308. The second kappa shape index (κ2) is 4.53. The number of halogens is 1. The lowest BCUT2D eigenvalue weighted by atomic mass is 10.1. The third-order valence-electron chi connectivity index (χ3n) is 3.18. The molecule has 2 aromatic heterocycles. The van der Waals surface area contributed by atoms with Gasteiger partial charge in [0.1, 0.15) is 5.52 Å². The standard InChI is InChI=1S/C13H12ClN3O/c14-7-9-6-11(18)17(8-9)13-12-10(3-5-16-13)2-1-4-15-12/h1-5,9H,6-8H2. The highest BCUT2D eigenvalue weighted by molar-refractivity contribution is 6.18. The summed E-state index contributed by atoms with van der Waals surface area (Å²) in [6.07, 6.45) is 3.92. The van der Waals surface area contributed by atoms with Gasteiger partial charge in [0, 0.05) is 36.6 Å². The van der Waals surface area contributed by atoms with E-state index in [1.165, 1.54) is 0 Å². The quantitative estimate of drug-likeness (QED) is 0.779. The van der Waals surface area contributed by atoms with Crippen molar-refractivity contribution in [3.63, 3.8) is 0 Å². The summed E-state index contributed by atoms with van der Waals surface area (Å²) in [7, 11) is 0. The van der Waals surface area contributed by atoms with Crippen LogP contribution in [0.2, 0.25) is 0 Å². The number of carbonyl (C=O) groups excluding carboxylic acids is 1. The van der Waals surface area contributed by atoms with Gasteiger partial charge in [-0.25, -0.2) is 4.98 Å². The van der Waals surface area contributed by atoms with Gasteiger partial charge in [0.25, 0.3) is 0 Å². The van der Waals surface area contributed by atoms with Crippen molar-refractivity contribution in [2.75, 3.05) is 17.3 Å². The van der Waals surface area contributed by atoms with E-state index in [1.54, 1.807) is 17.3 Å². The first-order chi connectivity index (χ1) is 8.79. The number of rotatable bonds is 2. The number of pyridine rings is 2. The van der Waals surface area contributed by atoms with Crippen molar-refractivity contribution in [2.24, 2.45) is 5.92 Å². The number of hydrogen-bond acceptors (Lipinski definition) is 3. The predicted octanol–water partition coefficient (Wildman–Crippen LogP) is 2.22. The van der Waals surface area contributed by atoms with Crippen LogP contribution in [0.4, 0.5) is 5.82 Å². The average Bonchev–Trinajstić information content (AvgIpc) is 2.79. The summed E-state index contributed by atoms with van der Waals surface area (Å²) in [4.78, 5) is 22.3. The van der Waals surface area contributed by atoms with Gasteiger partial charge < -0.3 is 0 Å². The van der Waals surface area contributed by atoms with Crippen LogP contribution in [0.25, 0.3) is 10.9 Å². The lowest BCUT2D eigenvalue weighted by Gasteiger charge is -2.16. The summed E-state index contributed by atoms with van der Waals surface area (Å²) in [5, 5.41) is 0.990. The van der Waals surface area contributed by atoms with Crippen molar-refractivity contribution in [3.8, 4) is 0 Å². The molecule has 18 heavy (non-hydrogen) atoms. The molecule has 1 unspecified atom stereocenters. The third kappa shape index (κ3) is 1.82. The van der Waals surface area contributed by atoms with Crippen LogP contribution in [0.1, 0.15) is 6.42 Å². The highest BCUT2D eigenvalue weighted by Crippen LogP contribution is 2.28. The number of alkyl halides is 1. The second-order valence-electron chi connectivity index (χ2n) is 4.44. The number of hydrogen-bond donors (Lipinski definition) is 0. The van der Waals surface area contributed by atoms with E-state index in [9.17, 15) is 4.79 Å². The van der Waals surface area contributed by atoms with Gasteiger partial charge in [-0.3, -0.25) is 14.7 Å². The SMILES string of the molecule is O=C1CC(CCl)CN1c1nccc2cccnc12. The van der Waals surface area contributed by atoms with E-state index in [4.69, 9.17) is 11.6 Å². The summed E-state index contributed by atoms with van der Waals surface area (Å²) >= 11 is 5.83. The Bertz CT molecular complexity index is 596. The Morgan fingerprint density at radius 2 is 2.22 bits per heavy atom. The molecule has 0 saturated carbocycles. The van der Waals surface area contributed by atoms with E-state index >= 15 is 0 Å². The van der Waals surface area contributed by atoms with Crippen LogP contribution < -0.4 is 4.90 Å². The molecule has 1 amide bonds. The van der Waals surface area contributed by atoms with Gasteiger partial charge in [-0.1, -0.05) is 6.07 Å². The summed E-state index contributed by atoms with van der Waals surface area (Å²) in [5.74, 6) is 1.43. The van der Waals surface area contributed by atoms with Crippen LogP contribution in [-0.4, -0.2) is 28.3 Å². The van der Waals surface area contributed by atoms with Gasteiger partial charge >= 0.3 is 0 Å². The van der Waals surface area contributed by atoms with E-state index < -0.39 is 0 Å². The molecule has 1 fully saturated rings. The molecule has 5 heteroatoms. The fourth-order valence-corrected chi connectivity index (χ4v) is 2.48. The summed E-state index contributed by atoms with van der Waals surface area (Å²) in [6, 6.07) is 5.73. The minimum absolute atomic E-state index is 0.0753. The predicted molar refractivity (Wildman–Crippen MR) is 70.7 cm³/mol. The summed E-state index contributed by atoms with van der Waals surface area (Å²) < 4.78 is 0. The molecule has 1 atom stereocenters. The Kier molecular flexibility index (Phi) is 2.88. The van der Waals surface area contributed by atoms with E-state index in [2.05, 4.69) is 9.97 Å². The minimum Gasteiger partial charge on any atom is -0.295 e. The molecule has 3 rings (SSSR count). The van der Waals surface area contributed by atoms with Crippen molar-refractivity contribution in [2.45, 2.75) is 6.42 Å². The molecule has 92 valence electrons. The average molecular weight is 262 g/mol.